The summed E-state index contributed by atoms with van der Waals surface area (Å²) in [4.78, 5) is 11.5. The van der Waals surface area contributed by atoms with Crippen molar-refractivity contribution in [2.75, 3.05) is 13.4 Å². The van der Waals surface area contributed by atoms with Gasteiger partial charge in [0.15, 0.2) is 9.84 Å². The molecule has 0 N–H and O–H groups in total. The van der Waals surface area contributed by atoms with Crippen molar-refractivity contribution in [2.45, 2.75) is 17.7 Å². The molecule has 0 fully saturated rings. The molecule has 88 valence electrons. The zero-order valence-electron chi connectivity index (χ0n) is 9.43. The van der Waals surface area contributed by atoms with Gasteiger partial charge >= 0.3 is 5.97 Å². The van der Waals surface area contributed by atoms with E-state index in [0.717, 1.165) is 6.26 Å². The molecule has 0 aromatic heterocycles. The highest BCUT2D eigenvalue weighted by molar-refractivity contribution is 7.90. The van der Waals surface area contributed by atoms with Gasteiger partial charge in [-0.05, 0) is 18.6 Å². The van der Waals surface area contributed by atoms with E-state index in [2.05, 4.69) is 4.74 Å². The number of benzene rings is 1. The Kier molecular flexibility index (Phi) is 3.70. The van der Waals surface area contributed by atoms with Gasteiger partial charge in [0.1, 0.15) is 0 Å². The van der Waals surface area contributed by atoms with Crippen LogP contribution in [0.1, 0.15) is 18.4 Å². The predicted octanol–water partition coefficient (Wildman–Crippen LogP) is 1.37. The highest BCUT2D eigenvalue weighted by atomic mass is 32.2. The van der Waals surface area contributed by atoms with Gasteiger partial charge in [-0.2, -0.15) is 0 Å². The maximum Gasteiger partial charge on any atom is 0.312 e. The number of ether oxygens (including phenoxy) is 1. The van der Waals surface area contributed by atoms with E-state index in [-0.39, 0.29) is 4.90 Å². The first-order valence-electron chi connectivity index (χ1n) is 4.74. The Labute approximate surface area is 95.2 Å². The van der Waals surface area contributed by atoms with Gasteiger partial charge in [0.2, 0.25) is 0 Å². The number of carbonyl (C=O) groups excluding carboxylic acids is 1. The molecule has 0 aliphatic rings. The van der Waals surface area contributed by atoms with E-state index in [1.54, 1.807) is 25.1 Å². The van der Waals surface area contributed by atoms with Gasteiger partial charge in [-0.25, -0.2) is 8.42 Å². The Balaban J connectivity index is 3.30. The van der Waals surface area contributed by atoms with Crippen molar-refractivity contribution < 1.29 is 17.9 Å². The summed E-state index contributed by atoms with van der Waals surface area (Å²) in [6.07, 6.45) is 1.12. The Morgan fingerprint density at radius 2 is 1.88 bits per heavy atom. The zero-order chi connectivity index (χ0) is 12.3. The first kappa shape index (κ1) is 12.7. The fourth-order valence-corrected chi connectivity index (χ4v) is 2.48. The average Bonchev–Trinajstić information content (AvgIpc) is 2.26. The second-order valence-corrected chi connectivity index (χ2v) is 5.54. The monoisotopic (exact) mass is 242 g/mol. The van der Waals surface area contributed by atoms with E-state index in [1.807, 2.05) is 0 Å². The van der Waals surface area contributed by atoms with E-state index >= 15 is 0 Å². The minimum atomic E-state index is -3.33. The molecule has 1 unspecified atom stereocenters. The highest BCUT2D eigenvalue weighted by Gasteiger charge is 2.22. The van der Waals surface area contributed by atoms with Gasteiger partial charge in [-0.1, -0.05) is 18.2 Å². The van der Waals surface area contributed by atoms with Gasteiger partial charge < -0.3 is 4.74 Å². The lowest BCUT2D eigenvalue weighted by Gasteiger charge is -2.13. The predicted molar refractivity (Wildman–Crippen MR) is 60.0 cm³/mol. The van der Waals surface area contributed by atoms with E-state index < -0.39 is 21.7 Å². The summed E-state index contributed by atoms with van der Waals surface area (Å²) in [6, 6.07) is 6.44. The summed E-state index contributed by atoms with van der Waals surface area (Å²) in [5, 5.41) is 0. The maximum atomic E-state index is 11.5. The van der Waals surface area contributed by atoms with Crippen LogP contribution in [-0.4, -0.2) is 27.8 Å². The van der Waals surface area contributed by atoms with Crippen LogP contribution in [-0.2, 0) is 19.4 Å². The largest absolute Gasteiger partial charge is 0.469 e. The Bertz CT molecular complexity index is 490. The fraction of sp³-hybridized carbons (Fsp3) is 0.364. The third-order valence-corrected chi connectivity index (χ3v) is 3.51. The molecule has 1 rings (SSSR count). The molecule has 16 heavy (non-hydrogen) atoms. The summed E-state index contributed by atoms with van der Waals surface area (Å²) < 4.78 is 27.6. The van der Waals surface area contributed by atoms with E-state index in [1.165, 1.54) is 13.2 Å². The molecule has 0 heterocycles. The second-order valence-electron chi connectivity index (χ2n) is 3.55. The van der Waals surface area contributed by atoms with Crippen LogP contribution < -0.4 is 0 Å². The zero-order valence-corrected chi connectivity index (χ0v) is 10.2. The molecule has 5 heteroatoms. The van der Waals surface area contributed by atoms with Crippen molar-refractivity contribution in [1.82, 2.24) is 0 Å². The summed E-state index contributed by atoms with van der Waals surface area (Å²) in [5.74, 6) is -1.04. The molecule has 4 nitrogen and oxygen atoms in total. The molecule has 0 saturated heterocycles. The summed E-state index contributed by atoms with van der Waals surface area (Å²) in [5.41, 5.74) is 0.469. The molecule has 0 spiro atoms. The molecule has 1 atom stereocenters. The van der Waals surface area contributed by atoms with Crippen molar-refractivity contribution in [3.63, 3.8) is 0 Å². The van der Waals surface area contributed by atoms with Crippen molar-refractivity contribution in [2.24, 2.45) is 0 Å². The number of methoxy groups -OCH3 is 1. The van der Waals surface area contributed by atoms with Crippen LogP contribution in [0.3, 0.4) is 0 Å². The summed E-state index contributed by atoms with van der Waals surface area (Å²) in [7, 11) is -2.05. The van der Waals surface area contributed by atoms with Gasteiger partial charge in [0.25, 0.3) is 0 Å². The van der Waals surface area contributed by atoms with Crippen LogP contribution in [0.15, 0.2) is 29.2 Å². The Hall–Kier alpha value is -1.36. The first-order valence-corrected chi connectivity index (χ1v) is 6.64. The third-order valence-electron chi connectivity index (χ3n) is 2.34. The van der Waals surface area contributed by atoms with Crippen molar-refractivity contribution in [1.29, 1.82) is 0 Å². The average molecular weight is 242 g/mol. The molecule has 0 aliphatic carbocycles. The van der Waals surface area contributed by atoms with Crippen molar-refractivity contribution in [3.8, 4) is 0 Å². The standard InChI is InChI=1S/C11H14O4S/c1-8(11(12)15-2)9-6-4-5-7-10(9)16(3,13)14/h4-8H,1-3H3. The minimum Gasteiger partial charge on any atom is -0.469 e. The number of hydrogen-bond donors (Lipinski definition) is 0. The Morgan fingerprint density at radius 3 is 2.38 bits per heavy atom. The van der Waals surface area contributed by atoms with E-state index in [9.17, 15) is 13.2 Å². The van der Waals surface area contributed by atoms with Gasteiger partial charge in [0.05, 0.1) is 17.9 Å². The van der Waals surface area contributed by atoms with Crippen LogP contribution in [0.25, 0.3) is 0 Å². The van der Waals surface area contributed by atoms with Gasteiger partial charge in [-0.15, -0.1) is 0 Å². The normalized spacial score (nSPS) is 13.2. The lowest BCUT2D eigenvalue weighted by Crippen LogP contribution is -2.14. The number of esters is 1. The lowest BCUT2D eigenvalue weighted by atomic mass is 10.0. The van der Waals surface area contributed by atoms with E-state index in [0.29, 0.717) is 5.56 Å². The highest BCUT2D eigenvalue weighted by Crippen LogP contribution is 2.24. The molecule has 0 saturated carbocycles. The summed E-state index contributed by atoms with van der Waals surface area (Å²) >= 11 is 0. The van der Waals surface area contributed by atoms with Gasteiger partial charge in [-0.3, -0.25) is 4.79 Å². The summed E-state index contributed by atoms with van der Waals surface area (Å²) in [6.45, 7) is 1.62. The van der Waals surface area contributed by atoms with Crippen molar-refractivity contribution in [3.05, 3.63) is 29.8 Å². The van der Waals surface area contributed by atoms with Crippen LogP contribution in [0, 0.1) is 0 Å². The van der Waals surface area contributed by atoms with E-state index in [4.69, 9.17) is 0 Å². The Morgan fingerprint density at radius 1 is 1.31 bits per heavy atom. The smallest absolute Gasteiger partial charge is 0.312 e. The van der Waals surface area contributed by atoms with Crippen LogP contribution in [0.2, 0.25) is 0 Å². The quantitative estimate of drug-likeness (QED) is 0.751. The molecular formula is C11H14O4S. The SMILES string of the molecule is COC(=O)C(C)c1ccccc1S(C)(=O)=O. The van der Waals surface area contributed by atoms with Crippen LogP contribution in [0.4, 0.5) is 0 Å². The molecule has 0 radical (unpaired) electrons. The number of hydrogen-bond acceptors (Lipinski definition) is 4. The first-order chi connectivity index (χ1) is 7.38. The molecule has 0 amide bonds. The van der Waals surface area contributed by atoms with Crippen LogP contribution >= 0.6 is 0 Å². The minimum absolute atomic E-state index is 0.174. The molecular weight excluding hydrogens is 228 g/mol. The molecule has 0 bridgehead atoms. The number of sulfone groups is 1. The van der Waals surface area contributed by atoms with Crippen molar-refractivity contribution >= 4 is 15.8 Å². The topological polar surface area (TPSA) is 60.4 Å². The second kappa shape index (κ2) is 4.65. The number of carbonyl (C=O) groups is 1. The molecule has 1 aromatic rings. The fourth-order valence-electron chi connectivity index (χ4n) is 1.48. The van der Waals surface area contributed by atoms with Gasteiger partial charge in [0, 0.05) is 6.26 Å². The number of rotatable bonds is 3. The third kappa shape index (κ3) is 2.61. The lowest BCUT2D eigenvalue weighted by molar-refractivity contribution is -0.142. The molecule has 0 aliphatic heterocycles. The molecule has 1 aromatic carbocycles. The maximum absolute atomic E-state index is 11.5. The van der Waals surface area contributed by atoms with Crippen LogP contribution in [0.5, 0.6) is 0 Å².